The zero-order valence-electron chi connectivity index (χ0n) is 14.6. The molecule has 6 nitrogen and oxygen atoms in total. The maximum Gasteiger partial charge on any atom is 0.209 e. The van der Waals surface area contributed by atoms with Crippen LogP contribution in [0, 0.1) is 17.1 Å². The maximum absolute atomic E-state index is 15.0. The van der Waals surface area contributed by atoms with E-state index < -0.39 is 5.82 Å². The summed E-state index contributed by atoms with van der Waals surface area (Å²) in [7, 11) is 0. The summed E-state index contributed by atoms with van der Waals surface area (Å²) in [5, 5.41) is 17.1. The van der Waals surface area contributed by atoms with Crippen molar-refractivity contribution >= 4 is 34.2 Å². The van der Waals surface area contributed by atoms with E-state index in [0.717, 1.165) is 5.39 Å². The van der Waals surface area contributed by atoms with Gasteiger partial charge >= 0.3 is 0 Å². The lowest BCUT2D eigenvalue weighted by Gasteiger charge is -2.13. The Balaban J connectivity index is 1.60. The standard InChI is InChI=1S/C20H11Cl2FN4O2/c21-12-6-11(9-24)7-13(8-12)29-19-15(22)3-4-17(18(19)23)28-10-16-14-2-1-5-25-20(14)27-26-16/h1-8H,10H2,(H,25,26,27). The third-order valence-corrected chi connectivity index (χ3v) is 4.53. The number of rotatable bonds is 5. The summed E-state index contributed by atoms with van der Waals surface area (Å²) in [6.45, 7) is 0.0133. The fourth-order valence-corrected chi connectivity index (χ4v) is 3.10. The number of ether oxygens (including phenoxy) is 2. The number of aromatic nitrogens is 3. The number of aromatic amines is 1. The van der Waals surface area contributed by atoms with Gasteiger partial charge in [0.25, 0.3) is 0 Å². The lowest BCUT2D eigenvalue weighted by atomic mass is 10.2. The minimum Gasteiger partial charge on any atom is -0.484 e. The molecule has 0 aliphatic heterocycles. The molecule has 0 saturated carbocycles. The molecule has 9 heteroatoms. The van der Waals surface area contributed by atoms with Crippen molar-refractivity contribution in [1.29, 1.82) is 5.26 Å². The number of nitrogens with zero attached hydrogens (tertiary/aromatic N) is 3. The Kier molecular flexibility index (Phi) is 5.21. The van der Waals surface area contributed by atoms with E-state index in [1.807, 2.05) is 12.1 Å². The SMILES string of the molecule is N#Cc1cc(Cl)cc(Oc2c(Cl)ccc(OCc3n[nH]c4ncccc34)c2F)c1. The van der Waals surface area contributed by atoms with Gasteiger partial charge < -0.3 is 9.47 Å². The van der Waals surface area contributed by atoms with Crippen molar-refractivity contribution in [2.45, 2.75) is 6.61 Å². The van der Waals surface area contributed by atoms with Gasteiger partial charge in [0.15, 0.2) is 17.1 Å². The molecule has 2 heterocycles. The highest BCUT2D eigenvalue weighted by atomic mass is 35.5. The molecule has 0 aliphatic rings. The summed E-state index contributed by atoms with van der Waals surface area (Å²) in [5.41, 5.74) is 1.47. The highest BCUT2D eigenvalue weighted by Gasteiger charge is 2.18. The predicted octanol–water partition coefficient (Wildman–Crippen LogP) is 5.65. The Morgan fingerprint density at radius 1 is 1.17 bits per heavy atom. The Bertz CT molecular complexity index is 1250. The molecular weight excluding hydrogens is 418 g/mol. The maximum atomic E-state index is 15.0. The van der Waals surface area contributed by atoms with E-state index in [1.165, 1.54) is 30.3 Å². The topological polar surface area (TPSA) is 83.8 Å². The van der Waals surface area contributed by atoms with Gasteiger partial charge in [0, 0.05) is 16.6 Å². The van der Waals surface area contributed by atoms with E-state index in [2.05, 4.69) is 15.2 Å². The molecular formula is C20H11Cl2FN4O2. The van der Waals surface area contributed by atoms with Crippen LogP contribution in [0.2, 0.25) is 10.0 Å². The second-order valence-corrected chi connectivity index (χ2v) is 6.78. The lowest BCUT2D eigenvalue weighted by molar-refractivity contribution is 0.282. The second-order valence-electron chi connectivity index (χ2n) is 5.94. The van der Waals surface area contributed by atoms with E-state index in [0.29, 0.717) is 11.3 Å². The van der Waals surface area contributed by atoms with Crippen LogP contribution in [0.1, 0.15) is 11.3 Å². The number of hydrogen-bond donors (Lipinski definition) is 1. The van der Waals surface area contributed by atoms with Gasteiger partial charge in [-0.3, -0.25) is 5.10 Å². The van der Waals surface area contributed by atoms with Crippen LogP contribution >= 0.6 is 23.2 Å². The van der Waals surface area contributed by atoms with Crippen LogP contribution < -0.4 is 9.47 Å². The minimum absolute atomic E-state index is 0.0133. The van der Waals surface area contributed by atoms with Crippen LogP contribution in [0.3, 0.4) is 0 Å². The molecule has 4 aromatic rings. The Morgan fingerprint density at radius 2 is 2.03 bits per heavy atom. The van der Waals surface area contributed by atoms with Gasteiger partial charge in [-0.1, -0.05) is 23.2 Å². The molecule has 0 aliphatic carbocycles. The zero-order valence-corrected chi connectivity index (χ0v) is 16.1. The number of hydrogen-bond acceptors (Lipinski definition) is 5. The molecule has 0 spiro atoms. The molecule has 4 rings (SSSR count). The number of benzene rings is 2. The summed E-state index contributed by atoms with van der Waals surface area (Å²) < 4.78 is 26.1. The number of nitrogens with one attached hydrogen (secondary N) is 1. The predicted molar refractivity (Wildman–Crippen MR) is 106 cm³/mol. The molecule has 0 radical (unpaired) electrons. The molecule has 2 aromatic heterocycles. The smallest absolute Gasteiger partial charge is 0.209 e. The van der Waals surface area contributed by atoms with Crippen molar-refractivity contribution in [2.24, 2.45) is 0 Å². The minimum atomic E-state index is -0.783. The van der Waals surface area contributed by atoms with E-state index in [-0.39, 0.29) is 39.5 Å². The van der Waals surface area contributed by atoms with Crippen molar-refractivity contribution in [3.8, 4) is 23.3 Å². The van der Waals surface area contributed by atoms with Gasteiger partial charge in [-0.2, -0.15) is 14.8 Å². The first-order valence-electron chi connectivity index (χ1n) is 8.32. The summed E-state index contributed by atoms with van der Waals surface area (Å²) in [6.07, 6.45) is 1.64. The molecule has 0 fully saturated rings. The molecule has 1 N–H and O–H groups in total. The summed E-state index contributed by atoms with van der Waals surface area (Å²) in [4.78, 5) is 4.15. The molecule has 0 amide bonds. The lowest BCUT2D eigenvalue weighted by Crippen LogP contribution is -2.00. The normalized spacial score (nSPS) is 10.7. The van der Waals surface area contributed by atoms with Crippen LogP contribution in [0.25, 0.3) is 11.0 Å². The average molecular weight is 429 g/mol. The van der Waals surface area contributed by atoms with Crippen molar-refractivity contribution in [3.63, 3.8) is 0 Å². The largest absolute Gasteiger partial charge is 0.484 e. The van der Waals surface area contributed by atoms with E-state index in [1.54, 1.807) is 12.3 Å². The van der Waals surface area contributed by atoms with Crippen LogP contribution in [-0.2, 0) is 6.61 Å². The van der Waals surface area contributed by atoms with E-state index >= 15 is 0 Å². The number of pyridine rings is 1. The van der Waals surface area contributed by atoms with Crippen molar-refractivity contribution in [1.82, 2.24) is 15.2 Å². The first-order chi connectivity index (χ1) is 14.0. The van der Waals surface area contributed by atoms with Gasteiger partial charge in [-0.15, -0.1) is 0 Å². The van der Waals surface area contributed by atoms with Crippen LogP contribution in [-0.4, -0.2) is 15.2 Å². The van der Waals surface area contributed by atoms with Crippen molar-refractivity contribution in [3.05, 3.63) is 75.8 Å². The summed E-state index contributed by atoms with van der Waals surface area (Å²) in [5.74, 6) is -0.902. The first-order valence-corrected chi connectivity index (χ1v) is 9.08. The quantitative estimate of drug-likeness (QED) is 0.444. The van der Waals surface area contributed by atoms with Gasteiger partial charge in [0.1, 0.15) is 18.1 Å². The van der Waals surface area contributed by atoms with Gasteiger partial charge in [0.05, 0.1) is 16.7 Å². The molecule has 2 aromatic carbocycles. The molecule has 0 unspecified atom stereocenters. The molecule has 144 valence electrons. The number of halogens is 3. The van der Waals surface area contributed by atoms with E-state index in [9.17, 15) is 4.39 Å². The second kappa shape index (κ2) is 7.95. The fourth-order valence-electron chi connectivity index (χ4n) is 2.69. The van der Waals surface area contributed by atoms with Gasteiger partial charge in [-0.25, -0.2) is 4.98 Å². The Hall–Kier alpha value is -3.34. The molecule has 0 atom stereocenters. The molecule has 0 bridgehead atoms. The van der Waals surface area contributed by atoms with Gasteiger partial charge in [0.2, 0.25) is 5.82 Å². The average Bonchev–Trinajstić information content (AvgIpc) is 3.13. The van der Waals surface area contributed by atoms with Crippen LogP contribution in [0.4, 0.5) is 4.39 Å². The number of fused-ring (bicyclic) bond motifs is 1. The summed E-state index contributed by atoms with van der Waals surface area (Å²) >= 11 is 12.1. The first kappa shape index (κ1) is 19.0. The monoisotopic (exact) mass is 428 g/mol. The molecule has 0 saturated heterocycles. The molecule has 29 heavy (non-hydrogen) atoms. The fraction of sp³-hybridized carbons (Fsp3) is 0.0500. The summed E-state index contributed by atoms with van der Waals surface area (Å²) in [6, 6.07) is 12.8. The third kappa shape index (κ3) is 3.94. The number of H-pyrrole nitrogens is 1. The highest BCUT2D eigenvalue weighted by Crippen LogP contribution is 2.38. The highest BCUT2D eigenvalue weighted by molar-refractivity contribution is 6.32. The van der Waals surface area contributed by atoms with Crippen LogP contribution in [0.5, 0.6) is 17.2 Å². The Morgan fingerprint density at radius 3 is 2.86 bits per heavy atom. The van der Waals surface area contributed by atoms with Crippen molar-refractivity contribution in [2.75, 3.05) is 0 Å². The van der Waals surface area contributed by atoms with Crippen LogP contribution in [0.15, 0.2) is 48.7 Å². The zero-order chi connectivity index (χ0) is 20.4. The number of nitriles is 1. The van der Waals surface area contributed by atoms with Crippen molar-refractivity contribution < 1.29 is 13.9 Å². The Labute approximate surface area is 174 Å². The van der Waals surface area contributed by atoms with Gasteiger partial charge in [-0.05, 0) is 42.5 Å². The third-order valence-electron chi connectivity index (χ3n) is 4.01. The van der Waals surface area contributed by atoms with E-state index in [4.69, 9.17) is 37.9 Å².